The van der Waals surface area contributed by atoms with Gasteiger partial charge in [0.1, 0.15) is 11.5 Å². The zero-order valence-corrected chi connectivity index (χ0v) is 16.6. The van der Waals surface area contributed by atoms with Gasteiger partial charge in [-0.25, -0.2) is 18.6 Å². The predicted octanol–water partition coefficient (Wildman–Crippen LogP) is 4.38. The van der Waals surface area contributed by atoms with Crippen molar-refractivity contribution in [2.24, 2.45) is 0 Å². The van der Waals surface area contributed by atoms with E-state index >= 15 is 0 Å². The molecule has 3 N–H and O–H groups in total. The highest BCUT2D eigenvalue weighted by atomic mass is 19.1. The number of benzene rings is 2. The normalized spacial score (nSPS) is 11.1. The first-order chi connectivity index (χ1) is 14.9. The van der Waals surface area contributed by atoms with E-state index in [1.807, 2.05) is 0 Å². The number of carbonyl (C=O) groups is 1. The van der Waals surface area contributed by atoms with Gasteiger partial charge in [-0.15, -0.1) is 0 Å². The lowest BCUT2D eigenvalue weighted by molar-refractivity contribution is 0.0690. The molecule has 0 fully saturated rings. The smallest absolute Gasteiger partial charge is 0.354 e. The third kappa shape index (κ3) is 3.79. The lowest BCUT2D eigenvalue weighted by Gasteiger charge is -2.09. The van der Waals surface area contributed by atoms with Crippen LogP contribution in [0.4, 0.5) is 8.78 Å². The quantitative estimate of drug-likeness (QED) is 0.449. The molecule has 2 aromatic heterocycles. The summed E-state index contributed by atoms with van der Waals surface area (Å²) in [6.07, 6.45) is 0.196. The summed E-state index contributed by atoms with van der Waals surface area (Å²) in [5.41, 5.74) is 2.72. The number of nitrogens with zero attached hydrogens (tertiary/aromatic N) is 2. The molecule has 2 aromatic carbocycles. The molecule has 0 spiro atoms. The SMILES string of the molecule is CCOc1cc2c(cc1F)c(Cc1cccc(C(=O)O)n1)c(-c1ccc(F)cc1)n2N. The maximum Gasteiger partial charge on any atom is 0.354 e. The van der Waals surface area contributed by atoms with Crippen molar-refractivity contribution in [2.75, 3.05) is 12.4 Å². The predicted molar refractivity (Wildman–Crippen MR) is 113 cm³/mol. The molecule has 0 aliphatic heterocycles. The molecule has 0 saturated heterocycles. The summed E-state index contributed by atoms with van der Waals surface area (Å²) in [5.74, 6) is 4.37. The molecule has 0 atom stereocenters. The molecule has 4 aromatic rings. The fourth-order valence-electron chi connectivity index (χ4n) is 3.62. The number of nitrogens with two attached hydrogens (primary N) is 1. The van der Waals surface area contributed by atoms with Gasteiger partial charge in [0.2, 0.25) is 0 Å². The first-order valence-corrected chi connectivity index (χ1v) is 9.59. The van der Waals surface area contributed by atoms with E-state index in [2.05, 4.69) is 4.98 Å². The number of fused-ring (bicyclic) bond motifs is 1. The standard InChI is InChI=1S/C23H19F2N3O3/c1-2-31-21-12-20-16(11-18(21)25)17(10-15-4-3-5-19(27-15)23(29)30)22(28(20)26)13-6-8-14(24)9-7-13/h3-9,11-12H,2,10,26H2,1H3,(H,29,30). The summed E-state index contributed by atoms with van der Waals surface area (Å²) >= 11 is 0. The number of nitrogen functional groups attached to an aromatic ring is 1. The van der Waals surface area contributed by atoms with Crippen LogP contribution in [-0.2, 0) is 6.42 Å². The Labute approximate surface area is 176 Å². The number of hydrogen-bond donors (Lipinski definition) is 2. The van der Waals surface area contributed by atoms with Gasteiger partial charge in [-0.2, -0.15) is 0 Å². The van der Waals surface area contributed by atoms with Gasteiger partial charge >= 0.3 is 5.97 Å². The minimum atomic E-state index is -1.14. The van der Waals surface area contributed by atoms with Gasteiger partial charge in [0.15, 0.2) is 11.6 Å². The van der Waals surface area contributed by atoms with Crippen LogP contribution in [0.15, 0.2) is 54.6 Å². The van der Waals surface area contributed by atoms with E-state index < -0.39 is 17.6 Å². The maximum atomic E-state index is 14.7. The second-order valence-electron chi connectivity index (χ2n) is 6.93. The molecular formula is C23H19F2N3O3. The van der Waals surface area contributed by atoms with Crippen LogP contribution in [0.25, 0.3) is 22.2 Å². The van der Waals surface area contributed by atoms with Gasteiger partial charge in [-0.05, 0) is 55.0 Å². The van der Waals surface area contributed by atoms with Crippen molar-refractivity contribution in [3.8, 4) is 17.0 Å². The number of carboxylic acid groups (broad SMARTS) is 1. The van der Waals surface area contributed by atoms with Gasteiger partial charge in [0, 0.05) is 29.1 Å². The largest absolute Gasteiger partial charge is 0.491 e. The van der Waals surface area contributed by atoms with E-state index in [1.54, 1.807) is 31.2 Å². The number of pyridine rings is 1. The third-order valence-electron chi connectivity index (χ3n) is 4.96. The number of carboxylic acids is 1. The fourth-order valence-corrected chi connectivity index (χ4v) is 3.62. The molecule has 0 amide bonds. The average molecular weight is 423 g/mol. The molecule has 0 aliphatic carbocycles. The second-order valence-corrected chi connectivity index (χ2v) is 6.93. The Hall–Kier alpha value is -3.94. The highest BCUT2D eigenvalue weighted by Crippen LogP contribution is 2.36. The first kappa shape index (κ1) is 20.3. The van der Waals surface area contributed by atoms with E-state index in [4.69, 9.17) is 10.6 Å². The molecule has 31 heavy (non-hydrogen) atoms. The molecule has 0 bridgehead atoms. The third-order valence-corrected chi connectivity index (χ3v) is 4.96. The van der Waals surface area contributed by atoms with E-state index in [0.717, 1.165) is 0 Å². The molecule has 0 aliphatic rings. The lowest BCUT2D eigenvalue weighted by atomic mass is 10.0. The summed E-state index contributed by atoms with van der Waals surface area (Å²) in [5, 5.41) is 9.77. The van der Waals surface area contributed by atoms with Gasteiger partial charge in [-0.3, -0.25) is 4.68 Å². The van der Waals surface area contributed by atoms with Crippen LogP contribution in [-0.4, -0.2) is 27.3 Å². The zero-order valence-electron chi connectivity index (χ0n) is 16.6. The van der Waals surface area contributed by atoms with E-state index in [1.165, 1.54) is 35.0 Å². The van der Waals surface area contributed by atoms with Gasteiger partial charge in [0.05, 0.1) is 17.8 Å². The number of aromatic nitrogens is 2. The Morgan fingerprint density at radius 1 is 1.16 bits per heavy atom. The van der Waals surface area contributed by atoms with Crippen molar-refractivity contribution in [1.82, 2.24) is 9.66 Å². The molecule has 0 saturated carbocycles. The molecule has 0 radical (unpaired) electrons. The number of halogens is 2. The van der Waals surface area contributed by atoms with E-state index in [0.29, 0.717) is 33.4 Å². The molecule has 0 unspecified atom stereocenters. The first-order valence-electron chi connectivity index (χ1n) is 9.59. The number of hydrogen-bond acceptors (Lipinski definition) is 4. The summed E-state index contributed by atoms with van der Waals surface area (Å²) in [7, 11) is 0. The van der Waals surface area contributed by atoms with Crippen LogP contribution in [0, 0.1) is 11.6 Å². The Kier molecular flexibility index (Phi) is 5.29. The Morgan fingerprint density at radius 2 is 1.90 bits per heavy atom. The Morgan fingerprint density at radius 3 is 2.58 bits per heavy atom. The van der Waals surface area contributed by atoms with Crippen LogP contribution in [0.5, 0.6) is 5.75 Å². The maximum absolute atomic E-state index is 14.7. The van der Waals surface area contributed by atoms with Crippen molar-refractivity contribution in [2.45, 2.75) is 13.3 Å². The van der Waals surface area contributed by atoms with Gasteiger partial charge < -0.3 is 15.7 Å². The fraction of sp³-hybridized carbons (Fsp3) is 0.130. The number of ether oxygens (including phenoxy) is 1. The molecule has 6 nitrogen and oxygen atoms in total. The molecule has 2 heterocycles. The van der Waals surface area contributed by atoms with Crippen molar-refractivity contribution in [3.63, 3.8) is 0 Å². The molecule has 8 heteroatoms. The molecule has 158 valence electrons. The number of rotatable bonds is 6. The second kappa shape index (κ2) is 8.06. The van der Waals surface area contributed by atoms with Gasteiger partial charge in [-0.1, -0.05) is 6.07 Å². The van der Waals surface area contributed by atoms with Crippen LogP contribution in [0.1, 0.15) is 28.7 Å². The monoisotopic (exact) mass is 423 g/mol. The average Bonchev–Trinajstić information content (AvgIpc) is 3.00. The van der Waals surface area contributed by atoms with Crippen LogP contribution in [0.2, 0.25) is 0 Å². The van der Waals surface area contributed by atoms with Crippen molar-refractivity contribution in [1.29, 1.82) is 0 Å². The Bertz CT molecular complexity index is 1280. The molecular weight excluding hydrogens is 404 g/mol. The Balaban J connectivity index is 1.95. The van der Waals surface area contributed by atoms with Crippen LogP contribution >= 0.6 is 0 Å². The van der Waals surface area contributed by atoms with Gasteiger partial charge in [0.25, 0.3) is 0 Å². The topological polar surface area (TPSA) is 90.4 Å². The van der Waals surface area contributed by atoms with Crippen molar-refractivity contribution < 1.29 is 23.4 Å². The zero-order chi connectivity index (χ0) is 22.1. The van der Waals surface area contributed by atoms with Crippen molar-refractivity contribution >= 4 is 16.9 Å². The van der Waals surface area contributed by atoms with E-state index in [-0.39, 0.29) is 24.5 Å². The number of aromatic carboxylic acids is 1. The highest BCUT2D eigenvalue weighted by Gasteiger charge is 2.21. The van der Waals surface area contributed by atoms with Crippen LogP contribution in [0.3, 0.4) is 0 Å². The summed E-state index contributed by atoms with van der Waals surface area (Å²) < 4.78 is 34.9. The summed E-state index contributed by atoms with van der Waals surface area (Å²) in [6, 6.07) is 13.3. The van der Waals surface area contributed by atoms with E-state index in [9.17, 15) is 18.7 Å². The van der Waals surface area contributed by atoms with Crippen LogP contribution < -0.4 is 10.6 Å². The summed E-state index contributed by atoms with van der Waals surface area (Å²) in [6.45, 7) is 2.04. The molecule has 4 rings (SSSR count). The minimum Gasteiger partial charge on any atom is -0.491 e. The lowest BCUT2D eigenvalue weighted by Crippen LogP contribution is -2.10. The summed E-state index contributed by atoms with van der Waals surface area (Å²) in [4.78, 5) is 15.5. The van der Waals surface area contributed by atoms with Crippen molar-refractivity contribution in [3.05, 3.63) is 83.2 Å². The highest BCUT2D eigenvalue weighted by molar-refractivity contribution is 5.93. The minimum absolute atomic E-state index is 0.0717.